The third-order valence-electron chi connectivity index (χ3n) is 5.62. The second-order valence-electron chi connectivity index (χ2n) is 8.50. The number of nitrogens with one attached hydrogen (secondary N) is 2. The van der Waals surface area contributed by atoms with Gasteiger partial charge in [0.1, 0.15) is 5.82 Å². The first-order valence-corrected chi connectivity index (χ1v) is 15.2. The number of rotatable bonds is 10. The third-order valence-corrected chi connectivity index (χ3v) is 9.01. The summed E-state index contributed by atoms with van der Waals surface area (Å²) in [6.07, 6.45) is 0. The van der Waals surface area contributed by atoms with Crippen molar-refractivity contribution in [1.29, 1.82) is 0 Å². The predicted molar refractivity (Wildman–Crippen MR) is 161 cm³/mol. The fraction of sp³-hybridized carbons (Fsp3) is 0.111. The molecule has 0 atom stereocenters. The van der Waals surface area contributed by atoms with E-state index in [-0.39, 0.29) is 23.4 Å². The van der Waals surface area contributed by atoms with Crippen LogP contribution < -0.4 is 10.6 Å². The minimum absolute atomic E-state index is 0.108. The Balaban J connectivity index is 1.12. The van der Waals surface area contributed by atoms with Crippen LogP contribution in [0.5, 0.6) is 0 Å². The van der Waals surface area contributed by atoms with Crippen LogP contribution in [0, 0.1) is 5.82 Å². The number of hydrogen-bond acceptors (Lipinski definition) is 9. The average Bonchev–Trinajstić information content (AvgIpc) is 3.58. The summed E-state index contributed by atoms with van der Waals surface area (Å²) >= 11 is 10.1. The van der Waals surface area contributed by atoms with Crippen LogP contribution in [0.25, 0.3) is 11.4 Å². The molecule has 41 heavy (non-hydrogen) atoms. The number of amides is 2. The molecule has 5 rings (SSSR count). The summed E-state index contributed by atoms with van der Waals surface area (Å²) in [5.41, 5.74) is 2.77. The van der Waals surface area contributed by atoms with Crippen LogP contribution in [0.3, 0.4) is 0 Å². The van der Waals surface area contributed by atoms with Crippen molar-refractivity contribution in [2.75, 3.05) is 16.4 Å². The molecule has 3 aromatic carbocycles. The van der Waals surface area contributed by atoms with Gasteiger partial charge in [-0.1, -0.05) is 70.7 Å². The van der Waals surface area contributed by atoms with E-state index < -0.39 is 0 Å². The first kappa shape index (κ1) is 28.7. The zero-order valence-corrected chi connectivity index (χ0v) is 24.6. The number of carbonyl (C=O) groups is 2. The van der Waals surface area contributed by atoms with Crippen molar-refractivity contribution in [3.8, 4) is 11.4 Å². The van der Waals surface area contributed by atoms with Crippen LogP contribution in [0.4, 0.5) is 15.2 Å². The Labute approximate surface area is 251 Å². The van der Waals surface area contributed by atoms with Gasteiger partial charge in [-0.2, -0.15) is 0 Å². The van der Waals surface area contributed by atoms with E-state index in [9.17, 15) is 14.0 Å². The molecule has 0 fully saturated rings. The molecule has 0 saturated carbocycles. The fourth-order valence-electron chi connectivity index (χ4n) is 3.57. The van der Waals surface area contributed by atoms with Crippen LogP contribution in [0.1, 0.15) is 15.9 Å². The van der Waals surface area contributed by atoms with Crippen LogP contribution in [-0.4, -0.2) is 42.5 Å². The van der Waals surface area contributed by atoms with E-state index in [0.717, 1.165) is 11.1 Å². The molecule has 0 radical (unpaired) electrons. The molecule has 0 unspecified atom stereocenters. The van der Waals surface area contributed by atoms with E-state index in [4.69, 9.17) is 11.6 Å². The molecule has 9 nitrogen and oxygen atoms in total. The second kappa shape index (κ2) is 13.3. The number of benzene rings is 3. The molecule has 0 saturated heterocycles. The molecule has 2 heterocycles. The lowest BCUT2D eigenvalue weighted by Gasteiger charge is -2.08. The summed E-state index contributed by atoms with van der Waals surface area (Å²) in [5, 5.41) is 23.5. The molecule has 208 valence electrons. The molecule has 2 aromatic heterocycles. The van der Waals surface area contributed by atoms with Crippen LogP contribution in [-0.2, 0) is 17.6 Å². The van der Waals surface area contributed by atoms with E-state index in [1.165, 1.54) is 47.0 Å². The van der Waals surface area contributed by atoms with Gasteiger partial charge < -0.3 is 9.88 Å². The maximum atomic E-state index is 13.1. The number of hydrogen-bond donors (Lipinski definition) is 2. The van der Waals surface area contributed by atoms with Crippen molar-refractivity contribution in [3.05, 3.63) is 94.8 Å². The second-order valence-corrected chi connectivity index (χ2v) is 12.1. The Kier molecular flexibility index (Phi) is 9.29. The number of thioether (sulfide) groups is 2. The maximum Gasteiger partial charge on any atom is 0.257 e. The standard InChI is InChI=1S/C27H21ClFN7O2S3/c1-36-23(17-8-12-19(13-9-17)30-24(38)20-4-2-3-5-21(20)28)32-34-26(36)39-15-22(37)31-25-33-35-27(41-25)40-14-16-6-10-18(29)11-7-16/h2-13H,14-15H2,1H3,(H,30,38)(H,31,33,37). The lowest BCUT2D eigenvalue weighted by Crippen LogP contribution is -2.14. The first-order chi connectivity index (χ1) is 19.9. The topological polar surface area (TPSA) is 115 Å². The van der Waals surface area contributed by atoms with Crippen LogP contribution >= 0.6 is 46.5 Å². The Morgan fingerprint density at radius 3 is 2.44 bits per heavy atom. The molecule has 14 heteroatoms. The fourth-order valence-corrected chi connectivity index (χ4v) is 6.22. The Bertz CT molecular complexity index is 1680. The van der Waals surface area contributed by atoms with Gasteiger partial charge in [0, 0.05) is 24.1 Å². The lowest BCUT2D eigenvalue weighted by molar-refractivity contribution is -0.113. The van der Waals surface area contributed by atoms with Gasteiger partial charge in [-0.05, 0) is 54.1 Å². The molecule has 2 N–H and O–H groups in total. The van der Waals surface area contributed by atoms with E-state index >= 15 is 0 Å². The maximum absolute atomic E-state index is 13.1. The number of nitrogens with zero attached hydrogens (tertiary/aromatic N) is 5. The molecule has 0 bridgehead atoms. The molecular weight excluding hydrogens is 605 g/mol. The monoisotopic (exact) mass is 625 g/mol. The highest BCUT2D eigenvalue weighted by Crippen LogP contribution is 2.29. The van der Waals surface area contributed by atoms with E-state index in [1.54, 1.807) is 53.1 Å². The van der Waals surface area contributed by atoms with Crippen molar-refractivity contribution in [2.45, 2.75) is 15.2 Å². The minimum atomic E-state index is -0.299. The Morgan fingerprint density at radius 1 is 0.927 bits per heavy atom. The summed E-state index contributed by atoms with van der Waals surface area (Å²) in [7, 11) is 1.82. The van der Waals surface area contributed by atoms with E-state index in [1.807, 2.05) is 19.2 Å². The van der Waals surface area contributed by atoms with Gasteiger partial charge in [-0.15, -0.1) is 20.4 Å². The van der Waals surface area contributed by atoms with Crippen molar-refractivity contribution in [2.24, 2.45) is 7.05 Å². The molecular formula is C27H21ClFN7O2S3. The Morgan fingerprint density at radius 2 is 1.68 bits per heavy atom. The number of carbonyl (C=O) groups excluding carboxylic acids is 2. The third kappa shape index (κ3) is 7.50. The SMILES string of the molecule is Cn1c(SCC(=O)Nc2nnc(SCc3ccc(F)cc3)s2)nnc1-c1ccc(NC(=O)c2ccccc2Cl)cc1. The van der Waals surface area contributed by atoms with E-state index in [0.29, 0.717) is 42.5 Å². The quantitative estimate of drug-likeness (QED) is 0.135. The zero-order valence-electron chi connectivity index (χ0n) is 21.4. The van der Waals surface area contributed by atoms with Gasteiger partial charge >= 0.3 is 0 Å². The molecule has 2 amide bonds. The average molecular weight is 626 g/mol. The van der Waals surface area contributed by atoms with E-state index in [2.05, 4.69) is 31.0 Å². The molecule has 0 aliphatic heterocycles. The predicted octanol–water partition coefficient (Wildman–Crippen LogP) is 6.40. The molecule has 5 aromatic rings. The highest BCUT2D eigenvalue weighted by molar-refractivity contribution is 8.00. The van der Waals surface area contributed by atoms with Gasteiger partial charge in [0.2, 0.25) is 11.0 Å². The van der Waals surface area contributed by atoms with Crippen molar-refractivity contribution < 1.29 is 14.0 Å². The zero-order chi connectivity index (χ0) is 28.8. The normalized spacial score (nSPS) is 10.9. The number of halogens is 2. The van der Waals surface area contributed by atoms with Crippen LogP contribution in [0.2, 0.25) is 5.02 Å². The minimum Gasteiger partial charge on any atom is -0.322 e. The summed E-state index contributed by atoms with van der Waals surface area (Å²) in [6.45, 7) is 0. The molecule has 0 spiro atoms. The van der Waals surface area contributed by atoms with Gasteiger partial charge in [0.25, 0.3) is 5.91 Å². The van der Waals surface area contributed by atoms with Gasteiger partial charge in [-0.25, -0.2) is 4.39 Å². The summed E-state index contributed by atoms with van der Waals surface area (Å²) in [4.78, 5) is 25.0. The van der Waals surface area contributed by atoms with Crippen molar-refractivity contribution >= 4 is 69.1 Å². The van der Waals surface area contributed by atoms with Crippen molar-refractivity contribution in [1.82, 2.24) is 25.0 Å². The highest BCUT2D eigenvalue weighted by atomic mass is 35.5. The highest BCUT2D eigenvalue weighted by Gasteiger charge is 2.15. The van der Waals surface area contributed by atoms with Gasteiger partial charge in [0.05, 0.1) is 16.3 Å². The largest absolute Gasteiger partial charge is 0.322 e. The summed E-state index contributed by atoms with van der Waals surface area (Å²) in [6, 6.07) is 20.3. The van der Waals surface area contributed by atoms with Crippen LogP contribution in [0.15, 0.2) is 82.3 Å². The summed E-state index contributed by atoms with van der Waals surface area (Å²) < 4.78 is 15.6. The molecule has 0 aliphatic carbocycles. The van der Waals surface area contributed by atoms with Crippen molar-refractivity contribution in [3.63, 3.8) is 0 Å². The summed E-state index contributed by atoms with van der Waals surface area (Å²) in [5.74, 6) is 0.520. The van der Waals surface area contributed by atoms with Gasteiger partial charge in [0.15, 0.2) is 15.3 Å². The molecule has 0 aliphatic rings. The first-order valence-electron chi connectivity index (χ1n) is 12.0. The lowest BCUT2D eigenvalue weighted by atomic mass is 10.1. The smallest absolute Gasteiger partial charge is 0.257 e. The Hall–Kier alpha value is -3.78. The number of anilines is 2. The van der Waals surface area contributed by atoms with Gasteiger partial charge in [-0.3, -0.25) is 14.9 Å². The number of aromatic nitrogens is 5.